The molecule has 0 atom stereocenters. The Balaban J connectivity index is 1.60. The van der Waals surface area contributed by atoms with Gasteiger partial charge in [-0.3, -0.25) is 4.79 Å². The maximum absolute atomic E-state index is 13.8. The van der Waals surface area contributed by atoms with E-state index in [1.165, 1.54) is 19.0 Å². The lowest BCUT2D eigenvalue weighted by molar-refractivity contribution is -0.905. The molecule has 5 heteroatoms. The molecule has 2 aromatic rings. The molecule has 1 aromatic heterocycles. The highest BCUT2D eigenvalue weighted by atomic mass is 19.1. The topological polar surface area (TPSA) is 46.7 Å². The van der Waals surface area contributed by atoms with Gasteiger partial charge in [-0.1, -0.05) is 19.1 Å². The van der Waals surface area contributed by atoms with Crippen molar-refractivity contribution in [2.75, 3.05) is 19.6 Å². The van der Waals surface area contributed by atoms with E-state index in [1.54, 1.807) is 35.2 Å². The summed E-state index contributed by atoms with van der Waals surface area (Å²) in [4.78, 5) is 14.0. The van der Waals surface area contributed by atoms with Gasteiger partial charge in [-0.15, -0.1) is 0 Å². The number of carbonyl (C=O) groups is 1. The zero-order valence-corrected chi connectivity index (χ0v) is 14.0. The largest absolute Gasteiger partial charge is 0.451 e. The van der Waals surface area contributed by atoms with Crippen molar-refractivity contribution in [2.24, 2.45) is 0 Å². The van der Waals surface area contributed by atoms with Crippen LogP contribution in [0.1, 0.15) is 36.7 Å². The second-order valence-electron chi connectivity index (χ2n) is 6.39. The SMILES string of the molecule is CCC[NH+]1CCC(NC(=O)c2ccc(-c3ccccc3F)o2)CC1. The predicted molar refractivity (Wildman–Crippen MR) is 90.4 cm³/mol. The summed E-state index contributed by atoms with van der Waals surface area (Å²) in [6.45, 7) is 5.59. The van der Waals surface area contributed by atoms with Gasteiger partial charge in [0.1, 0.15) is 11.6 Å². The number of furan rings is 1. The Morgan fingerprint density at radius 1 is 1.25 bits per heavy atom. The van der Waals surface area contributed by atoms with Gasteiger partial charge in [0.15, 0.2) is 5.76 Å². The monoisotopic (exact) mass is 331 g/mol. The summed E-state index contributed by atoms with van der Waals surface area (Å²) in [5.74, 6) is 0.0312. The third-order valence-corrected chi connectivity index (χ3v) is 4.60. The number of hydrogen-bond donors (Lipinski definition) is 2. The molecule has 0 saturated carbocycles. The van der Waals surface area contributed by atoms with Crippen molar-refractivity contribution in [3.8, 4) is 11.3 Å². The van der Waals surface area contributed by atoms with Gasteiger partial charge in [0.05, 0.1) is 25.2 Å². The first-order valence-corrected chi connectivity index (χ1v) is 8.66. The summed E-state index contributed by atoms with van der Waals surface area (Å²) < 4.78 is 19.4. The summed E-state index contributed by atoms with van der Waals surface area (Å²) in [5, 5.41) is 3.04. The van der Waals surface area contributed by atoms with Crippen LogP contribution in [-0.2, 0) is 0 Å². The quantitative estimate of drug-likeness (QED) is 0.883. The van der Waals surface area contributed by atoms with E-state index in [0.29, 0.717) is 11.3 Å². The number of likely N-dealkylation sites (tertiary alicyclic amines) is 1. The van der Waals surface area contributed by atoms with Gasteiger partial charge >= 0.3 is 0 Å². The second-order valence-corrected chi connectivity index (χ2v) is 6.39. The van der Waals surface area contributed by atoms with Crippen molar-refractivity contribution in [2.45, 2.75) is 32.2 Å². The van der Waals surface area contributed by atoms with Gasteiger partial charge in [0.2, 0.25) is 0 Å². The molecule has 0 unspecified atom stereocenters. The van der Waals surface area contributed by atoms with Crippen molar-refractivity contribution in [1.29, 1.82) is 0 Å². The van der Waals surface area contributed by atoms with Gasteiger partial charge in [-0.05, 0) is 30.7 Å². The van der Waals surface area contributed by atoms with Crippen LogP contribution >= 0.6 is 0 Å². The molecule has 0 radical (unpaired) electrons. The zero-order valence-electron chi connectivity index (χ0n) is 14.0. The number of amides is 1. The Kier molecular flexibility index (Phi) is 5.30. The highest BCUT2D eigenvalue weighted by molar-refractivity contribution is 5.92. The Labute approximate surface area is 141 Å². The molecule has 1 aliphatic heterocycles. The average Bonchev–Trinajstić information content (AvgIpc) is 3.07. The molecule has 2 heterocycles. The Morgan fingerprint density at radius 3 is 2.71 bits per heavy atom. The molecule has 1 amide bonds. The third kappa shape index (κ3) is 3.85. The molecule has 1 aliphatic rings. The number of carbonyl (C=O) groups excluding carboxylic acids is 1. The number of piperidine rings is 1. The van der Waals surface area contributed by atoms with Crippen molar-refractivity contribution in [3.05, 3.63) is 48.0 Å². The van der Waals surface area contributed by atoms with Gasteiger partial charge in [-0.2, -0.15) is 0 Å². The molecule has 128 valence electrons. The Bertz CT molecular complexity index is 690. The fourth-order valence-electron chi connectivity index (χ4n) is 3.30. The number of hydrogen-bond acceptors (Lipinski definition) is 2. The average molecular weight is 331 g/mol. The van der Waals surface area contributed by atoms with E-state index in [4.69, 9.17) is 4.42 Å². The van der Waals surface area contributed by atoms with E-state index in [9.17, 15) is 9.18 Å². The van der Waals surface area contributed by atoms with Crippen molar-refractivity contribution in [3.63, 3.8) is 0 Å². The minimum Gasteiger partial charge on any atom is -0.451 e. The minimum absolute atomic E-state index is 0.195. The van der Waals surface area contributed by atoms with Gasteiger partial charge in [0.25, 0.3) is 5.91 Å². The first-order chi connectivity index (χ1) is 11.7. The molecule has 0 aliphatic carbocycles. The van der Waals surface area contributed by atoms with Crippen molar-refractivity contribution in [1.82, 2.24) is 5.32 Å². The van der Waals surface area contributed by atoms with E-state index in [1.807, 2.05) is 0 Å². The number of rotatable bonds is 5. The lowest BCUT2D eigenvalue weighted by atomic mass is 10.0. The van der Waals surface area contributed by atoms with E-state index >= 15 is 0 Å². The Hall–Kier alpha value is -2.14. The van der Waals surface area contributed by atoms with Crippen LogP contribution in [0.15, 0.2) is 40.8 Å². The number of nitrogens with one attached hydrogen (secondary N) is 2. The molecule has 4 nitrogen and oxygen atoms in total. The summed E-state index contributed by atoms with van der Waals surface area (Å²) in [6, 6.07) is 9.83. The first-order valence-electron chi connectivity index (χ1n) is 8.66. The molecule has 0 spiro atoms. The normalized spacial score (nSPS) is 20.8. The molecule has 1 aromatic carbocycles. The van der Waals surface area contributed by atoms with E-state index < -0.39 is 0 Å². The summed E-state index contributed by atoms with van der Waals surface area (Å²) >= 11 is 0. The maximum atomic E-state index is 13.8. The predicted octanol–water partition coefficient (Wildman–Crippen LogP) is 2.27. The minimum atomic E-state index is -0.356. The molecular formula is C19H24FN2O2+. The molecule has 2 N–H and O–H groups in total. The molecule has 3 rings (SSSR count). The van der Waals surface area contributed by atoms with Crippen LogP contribution in [0.3, 0.4) is 0 Å². The highest BCUT2D eigenvalue weighted by Gasteiger charge is 2.24. The standard InChI is InChI=1S/C19H23FN2O2/c1-2-11-22-12-9-14(10-13-22)21-19(23)18-8-7-17(24-18)15-5-3-4-6-16(15)20/h3-8,14H,2,9-13H2,1H3,(H,21,23)/p+1. The van der Waals surface area contributed by atoms with Gasteiger partial charge in [-0.25, -0.2) is 4.39 Å². The van der Waals surface area contributed by atoms with Crippen LogP contribution in [0.25, 0.3) is 11.3 Å². The Morgan fingerprint density at radius 2 is 2.00 bits per heavy atom. The summed E-state index contributed by atoms with van der Waals surface area (Å²) in [6.07, 6.45) is 3.17. The fourth-order valence-corrected chi connectivity index (χ4v) is 3.30. The van der Waals surface area contributed by atoms with Crippen LogP contribution < -0.4 is 10.2 Å². The highest BCUT2D eigenvalue weighted by Crippen LogP contribution is 2.24. The fraction of sp³-hybridized carbons (Fsp3) is 0.421. The molecule has 1 fully saturated rings. The van der Waals surface area contributed by atoms with Crippen molar-refractivity contribution >= 4 is 5.91 Å². The van der Waals surface area contributed by atoms with E-state index in [2.05, 4.69) is 12.2 Å². The third-order valence-electron chi connectivity index (χ3n) is 4.60. The van der Waals surface area contributed by atoms with E-state index in [0.717, 1.165) is 25.9 Å². The van der Waals surface area contributed by atoms with Gasteiger partial charge < -0.3 is 14.6 Å². The lowest BCUT2D eigenvalue weighted by Gasteiger charge is -2.29. The van der Waals surface area contributed by atoms with E-state index in [-0.39, 0.29) is 23.5 Å². The second kappa shape index (κ2) is 7.62. The van der Waals surface area contributed by atoms with Gasteiger partial charge in [0, 0.05) is 18.9 Å². The summed E-state index contributed by atoms with van der Waals surface area (Å²) in [5.41, 5.74) is 0.369. The van der Waals surface area contributed by atoms with Crippen LogP contribution in [0, 0.1) is 5.82 Å². The smallest absolute Gasteiger partial charge is 0.287 e. The van der Waals surface area contributed by atoms with Crippen LogP contribution in [0.2, 0.25) is 0 Å². The summed E-state index contributed by atoms with van der Waals surface area (Å²) in [7, 11) is 0. The first kappa shape index (κ1) is 16.7. The van der Waals surface area contributed by atoms with Crippen LogP contribution in [0.5, 0.6) is 0 Å². The van der Waals surface area contributed by atoms with Crippen LogP contribution in [0.4, 0.5) is 4.39 Å². The number of halogens is 1. The lowest BCUT2D eigenvalue weighted by Crippen LogP contribution is -3.13. The zero-order chi connectivity index (χ0) is 16.9. The molecular weight excluding hydrogens is 307 g/mol. The molecule has 0 bridgehead atoms. The number of quaternary nitrogens is 1. The number of benzene rings is 1. The molecule has 24 heavy (non-hydrogen) atoms. The van der Waals surface area contributed by atoms with Crippen LogP contribution in [-0.4, -0.2) is 31.6 Å². The molecule has 1 saturated heterocycles. The maximum Gasteiger partial charge on any atom is 0.287 e. The van der Waals surface area contributed by atoms with Crippen molar-refractivity contribution < 1.29 is 18.5 Å².